The molecule has 0 saturated heterocycles. The summed E-state index contributed by atoms with van der Waals surface area (Å²) >= 11 is 0. The number of carbonyl (C=O) groups is 2. The van der Waals surface area contributed by atoms with Gasteiger partial charge in [0.25, 0.3) is 0 Å². The van der Waals surface area contributed by atoms with Crippen LogP contribution in [-0.2, 0) is 14.3 Å². The highest BCUT2D eigenvalue weighted by molar-refractivity contribution is 5.88. The largest absolute Gasteiger partial charge is 0.463 e. The first-order chi connectivity index (χ1) is 9.01. The van der Waals surface area contributed by atoms with Crippen molar-refractivity contribution >= 4 is 11.8 Å². The number of esters is 1. The Morgan fingerprint density at radius 2 is 2.32 bits per heavy atom. The third-order valence-corrected chi connectivity index (χ3v) is 4.97. The van der Waals surface area contributed by atoms with Crippen LogP contribution in [0.25, 0.3) is 0 Å². The van der Waals surface area contributed by atoms with Gasteiger partial charge in [-0.05, 0) is 50.9 Å². The Hall–Kier alpha value is -1.12. The van der Waals surface area contributed by atoms with Gasteiger partial charge in [0, 0.05) is 17.9 Å². The van der Waals surface area contributed by atoms with Crippen LogP contribution in [0.2, 0.25) is 0 Å². The lowest BCUT2D eigenvalue weighted by atomic mass is 9.85. The van der Waals surface area contributed by atoms with Crippen molar-refractivity contribution in [2.24, 2.45) is 17.3 Å². The van der Waals surface area contributed by atoms with E-state index >= 15 is 0 Å². The minimum Gasteiger partial charge on any atom is -0.463 e. The Kier molecular flexibility index (Phi) is 4.12. The molecule has 0 heterocycles. The fraction of sp³-hybridized carbons (Fsp3) is 0.750. The van der Waals surface area contributed by atoms with Crippen molar-refractivity contribution in [1.82, 2.24) is 0 Å². The highest BCUT2D eigenvalue weighted by Crippen LogP contribution is 2.66. The summed E-state index contributed by atoms with van der Waals surface area (Å²) in [6, 6.07) is 0. The molecule has 2 aliphatic carbocycles. The Morgan fingerprint density at radius 1 is 1.58 bits per heavy atom. The molecular formula is C16H24O3. The molecule has 0 aliphatic heterocycles. The molecule has 0 aromatic heterocycles. The van der Waals surface area contributed by atoms with Crippen LogP contribution in [0, 0.1) is 17.3 Å². The van der Waals surface area contributed by atoms with Crippen molar-refractivity contribution in [3.63, 3.8) is 0 Å². The zero-order valence-electron chi connectivity index (χ0n) is 12.2. The molecule has 0 bridgehead atoms. The summed E-state index contributed by atoms with van der Waals surface area (Å²) in [5.41, 5.74) is 1.02. The number of rotatable bonds is 6. The normalized spacial score (nSPS) is 31.0. The third kappa shape index (κ3) is 2.75. The maximum Gasteiger partial charge on any atom is 0.333 e. The van der Waals surface area contributed by atoms with E-state index in [1.54, 1.807) is 6.92 Å². The number of ketones is 1. The van der Waals surface area contributed by atoms with Gasteiger partial charge in [-0.2, -0.15) is 0 Å². The SMILES string of the molecule is CCOC(=O)/C(C)=C\CC[C@@H](C)[C@@]12CCC(=O)[C@@H]1C2. The zero-order valence-corrected chi connectivity index (χ0v) is 12.2. The average Bonchev–Trinajstić information content (AvgIpc) is 3.04. The van der Waals surface area contributed by atoms with Crippen LogP contribution in [0.15, 0.2) is 11.6 Å². The van der Waals surface area contributed by atoms with Crippen LogP contribution in [0.3, 0.4) is 0 Å². The maximum absolute atomic E-state index is 11.6. The number of hydrogen-bond acceptors (Lipinski definition) is 3. The fourth-order valence-electron chi connectivity index (χ4n) is 3.52. The Balaban J connectivity index is 1.79. The van der Waals surface area contributed by atoms with Crippen LogP contribution >= 0.6 is 0 Å². The van der Waals surface area contributed by atoms with Gasteiger partial charge in [0.1, 0.15) is 5.78 Å². The summed E-state index contributed by atoms with van der Waals surface area (Å²) in [6.07, 6.45) is 6.90. The number of Topliss-reactive ketones (excluding diaryl/α,β-unsaturated/α-hetero) is 1. The number of carbonyl (C=O) groups excluding carboxylic acids is 2. The lowest BCUT2D eigenvalue weighted by molar-refractivity contribution is -0.138. The summed E-state index contributed by atoms with van der Waals surface area (Å²) in [5.74, 6) is 1.20. The smallest absolute Gasteiger partial charge is 0.333 e. The van der Waals surface area contributed by atoms with E-state index in [0.717, 1.165) is 32.1 Å². The Labute approximate surface area is 115 Å². The molecule has 3 atom stereocenters. The van der Waals surface area contributed by atoms with E-state index in [2.05, 4.69) is 6.92 Å². The first-order valence-corrected chi connectivity index (χ1v) is 7.38. The standard InChI is InChI=1S/C16H24O3/c1-4-19-15(18)11(2)6-5-7-12(3)16-9-8-14(17)13(16)10-16/h6,12-13H,4-5,7-10H2,1-3H3/b11-6-/t12-,13+,16+/m1/s1. The summed E-state index contributed by atoms with van der Waals surface area (Å²) in [6.45, 7) is 6.30. The van der Waals surface area contributed by atoms with Crippen molar-refractivity contribution < 1.29 is 14.3 Å². The number of fused-ring (bicyclic) bond motifs is 1. The molecule has 2 fully saturated rings. The predicted molar refractivity (Wildman–Crippen MR) is 73.6 cm³/mol. The molecule has 0 radical (unpaired) electrons. The molecule has 2 rings (SSSR count). The van der Waals surface area contributed by atoms with E-state index in [1.807, 2.05) is 13.0 Å². The minimum absolute atomic E-state index is 0.214. The van der Waals surface area contributed by atoms with E-state index in [4.69, 9.17) is 4.74 Å². The first-order valence-electron chi connectivity index (χ1n) is 7.38. The van der Waals surface area contributed by atoms with Gasteiger partial charge >= 0.3 is 5.97 Å². The first kappa shape index (κ1) is 14.3. The predicted octanol–water partition coefficient (Wildman–Crippen LogP) is 3.28. The van der Waals surface area contributed by atoms with E-state index < -0.39 is 0 Å². The minimum atomic E-state index is -0.214. The molecule has 0 N–H and O–H groups in total. The zero-order chi connectivity index (χ0) is 14.0. The van der Waals surface area contributed by atoms with Gasteiger partial charge in [0.2, 0.25) is 0 Å². The molecule has 3 heteroatoms. The van der Waals surface area contributed by atoms with Gasteiger partial charge in [-0.25, -0.2) is 4.79 Å². The van der Waals surface area contributed by atoms with Crippen molar-refractivity contribution in [2.75, 3.05) is 6.61 Å². The van der Waals surface area contributed by atoms with Gasteiger partial charge in [-0.1, -0.05) is 13.0 Å². The molecule has 0 unspecified atom stereocenters. The van der Waals surface area contributed by atoms with Gasteiger partial charge in [-0.15, -0.1) is 0 Å². The van der Waals surface area contributed by atoms with Gasteiger partial charge in [-0.3, -0.25) is 4.79 Å². The topological polar surface area (TPSA) is 43.4 Å². The highest BCUT2D eigenvalue weighted by atomic mass is 16.5. The lowest BCUT2D eigenvalue weighted by Gasteiger charge is -2.20. The molecule has 106 valence electrons. The third-order valence-electron chi connectivity index (χ3n) is 4.97. The molecule has 0 spiro atoms. The van der Waals surface area contributed by atoms with Crippen LogP contribution in [0.5, 0.6) is 0 Å². The molecule has 0 aromatic carbocycles. The highest BCUT2D eigenvalue weighted by Gasteiger charge is 2.63. The average molecular weight is 264 g/mol. The molecule has 0 aromatic rings. The number of ether oxygens (including phenoxy) is 1. The second-order valence-electron chi connectivity index (χ2n) is 6.04. The van der Waals surface area contributed by atoms with Crippen LogP contribution in [-0.4, -0.2) is 18.4 Å². The summed E-state index contributed by atoms with van der Waals surface area (Å²) in [4.78, 5) is 23.0. The van der Waals surface area contributed by atoms with Crippen molar-refractivity contribution in [2.45, 2.75) is 52.9 Å². The van der Waals surface area contributed by atoms with E-state index in [1.165, 1.54) is 0 Å². The van der Waals surface area contributed by atoms with Crippen LogP contribution in [0.1, 0.15) is 52.9 Å². The summed E-state index contributed by atoms with van der Waals surface area (Å²) in [7, 11) is 0. The summed E-state index contributed by atoms with van der Waals surface area (Å²) < 4.78 is 4.95. The van der Waals surface area contributed by atoms with Gasteiger partial charge in [0.15, 0.2) is 0 Å². The van der Waals surface area contributed by atoms with E-state index in [9.17, 15) is 9.59 Å². The van der Waals surface area contributed by atoms with Gasteiger partial charge in [0.05, 0.1) is 6.61 Å². The molecular weight excluding hydrogens is 240 g/mol. The van der Waals surface area contributed by atoms with Crippen LogP contribution in [0.4, 0.5) is 0 Å². The number of hydrogen-bond donors (Lipinski definition) is 0. The molecule has 2 saturated carbocycles. The number of allylic oxidation sites excluding steroid dienone is 1. The van der Waals surface area contributed by atoms with Crippen molar-refractivity contribution in [1.29, 1.82) is 0 Å². The summed E-state index contributed by atoms with van der Waals surface area (Å²) in [5, 5.41) is 0. The molecule has 19 heavy (non-hydrogen) atoms. The van der Waals surface area contributed by atoms with Gasteiger partial charge < -0.3 is 4.74 Å². The monoisotopic (exact) mass is 264 g/mol. The van der Waals surface area contributed by atoms with Crippen molar-refractivity contribution in [3.8, 4) is 0 Å². The lowest BCUT2D eigenvalue weighted by Crippen LogP contribution is -2.12. The second-order valence-corrected chi connectivity index (χ2v) is 6.04. The molecule has 3 nitrogen and oxygen atoms in total. The second kappa shape index (κ2) is 5.48. The fourth-order valence-corrected chi connectivity index (χ4v) is 3.52. The quantitative estimate of drug-likeness (QED) is 0.546. The van der Waals surface area contributed by atoms with Crippen molar-refractivity contribution in [3.05, 3.63) is 11.6 Å². The molecule has 2 aliphatic rings. The van der Waals surface area contributed by atoms with Crippen LogP contribution < -0.4 is 0 Å². The molecule has 0 amide bonds. The van der Waals surface area contributed by atoms with E-state index in [0.29, 0.717) is 35.2 Å². The maximum atomic E-state index is 11.6. The Bertz CT molecular complexity index is 410. The Morgan fingerprint density at radius 3 is 2.84 bits per heavy atom. The van der Waals surface area contributed by atoms with E-state index in [-0.39, 0.29) is 5.97 Å².